The number of piperidine rings is 1. The number of hydrogen-bond donors (Lipinski definition) is 1. The van der Waals surface area contributed by atoms with Gasteiger partial charge in [-0.3, -0.25) is 4.79 Å². The van der Waals surface area contributed by atoms with Crippen molar-refractivity contribution >= 4 is 21.8 Å². The fourth-order valence-corrected chi connectivity index (χ4v) is 2.40. The van der Waals surface area contributed by atoms with Gasteiger partial charge in [0.25, 0.3) is 5.91 Å². The van der Waals surface area contributed by atoms with Gasteiger partial charge >= 0.3 is 0 Å². The molecular weight excluding hydrogens is 280 g/mol. The molecule has 0 unspecified atom stereocenters. The van der Waals surface area contributed by atoms with Gasteiger partial charge in [-0.2, -0.15) is 0 Å². The number of benzene rings is 1. The first-order chi connectivity index (χ1) is 8.08. The van der Waals surface area contributed by atoms with Crippen molar-refractivity contribution < 1.29 is 4.79 Å². The van der Waals surface area contributed by atoms with Crippen molar-refractivity contribution in [3.05, 3.63) is 33.8 Å². The highest BCUT2D eigenvalue weighted by atomic mass is 79.9. The van der Waals surface area contributed by atoms with Crippen molar-refractivity contribution in [1.29, 1.82) is 0 Å². The molecule has 0 saturated carbocycles. The Morgan fingerprint density at radius 1 is 1.53 bits per heavy atom. The number of nitrogens with two attached hydrogens (primary N) is 1. The number of aryl methyl sites for hydroxylation is 1. The van der Waals surface area contributed by atoms with E-state index in [1.807, 2.05) is 30.0 Å². The van der Waals surface area contributed by atoms with Gasteiger partial charge < -0.3 is 10.6 Å². The fourth-order valence-electron chi connectivity index (χ4n) is 2.15. The normalized spacial score (nSPS) is 20.4. The first kappa shape index (κ1) is 12.6. The van der Waals surface area contributed by atoms with E-state index >= 15 is 0 Å². The van der Waals surface area contributed by atoms with Gasteiger partial charge in [-0.15, -0.1) is 0 Å². The smallest absolute Gasteiger partial charge is 0.253 e. The van der Waals surface area contributed by atoms with Crippen LogP contribution in [0.5, 0.6) is 0 Å². The molecule has 0 radical (unpaired) electrons. The summed E-state index contributed by atoms with van der Waals surface area (Å²) in [6, 6.07) is 5.84. The molecule has 4 heteroatoms. The number of likely N-dealkylation sites (tertiary alicyclic amines) is 1. The molecule has 1 atom stereocenters. The zero-order chi connectivity index (χ0) is 12.4. The van der Waals surface area contributed by atoms with E-state index in [9.17, 15) is 4.79 Å². The number of rotatable bonds is 1. The lowest BCUT2D eigenvalue weighted by molar-refractivity contribution is 0.0708. The van der Waals surface area contributed by atoms with E-state index in [0.29, 0.717) is 6.54 Å². The molecule has 1 amide bonds. The minimum atomic E-state index is 0.0933. The summed E-state index contributed by atoms with van der Waals surface area (Å²) in [4.78, 5) is 14.1. The Morgan fingerprint density at radius 3 is 2.94 bits per heavy atom. The molecule has 1 aliphatic heterocycles. The van der Waals surface area contributed by atoms with Gasteiger partial charge in [0.05, 0.1) is 0 Å². The third kappa shape index (κ3) is 2.87. The zero-order valence-electron chi connectivity index (χ0n) is 9.95. The summed E-state index contributed by atoms with van der Waals surface area (Å²) in [5.74, 6) is 0.0933. The predicted molar refractivity (Wildman–Crippen MR) is 72.0 cm³/mol. The van der Waals surface area contributed by atoms with Crippen LogP contribution in [0, 0.1) is 6.92 Å². The number of amides is 1. The summed E-state index contributed by atoms with van der Waals surface area (Å²) in [6.45, 7) is 3.48. The average Bonchev–Trinajstić information content (AvgIpc) is 2.32. The van der Waals surface area contributed by atoms with Gasteiger partial charge in [0.1, 0.15) is 0 Å². The molecule has 2 N–H and O–H groups in total. The molecule has 2 rings (SSSR count). The summed E-state index contributed by atoms with van der Waals surface area (Å²) in [7, 11) is 0. The summed E-state index contributed by atoms with van der Waals surface area (Å²) in [6.07, 6.45) is 2.02. The van der Waals surface area contributed by atoms with Crippen LogP contribution in [-0.2, 0) is 0 Å². The highest BCUT2D eigenvalue weighted by molar-refractivity contribution is 9.10. The van der Waals surface area contributed by atoms with Gasteiger partial charge in [0, 0.05) is 29.2 Å². The predicted octanol–water partition coefficient (Wildman–Crippen LogP) is 2.32. The lowest BCUT2D eigenvalue weighted by atomic mass is 10.0. The summed E-state index contributed by atoms with van der Waals surface area (Å²) >= 11 is 3.44. The van der Waals surface area contributed by atoms with Crippen molar-refractivity contribution in [2.75, 3.05) is 13.1 Å². The third-order valence-corrected chi connectivity index (χ3v) is 4.04. The topological polar surface area (TPSA) is 46.3 Å². The number of carbonyl (C=O) groups is 1. The summed E-state index contributed by atoms with van der Waals surface area (Å²) in [5, 5.41) is 0. The van der Waals surface area contributed by atoms with Crippen LogP contribution >= 0.6 is 15.9 Å². The van der Waals surface area contributed by atoms with Crippen LogP contribution < -0.4 is 5.73 Å². The van der Waals surface area contributed by atoms with Gasteiger partial charge in [0.15, 0.2) is 0 Å². The van der Waals surface area contributed by atoms with Crippen LogP contribution in [0.2, 0.25) is 0 Å². The fraction of sp³-hybridized carbons (Fsp3) is 0.462. The first-order valence-corrected chi connectivity index (χ1v) is 6.68. The van der Waals surface area contributed by atoms with Gasteiger partial charge in [-0.05, 0) is 43.5 Å². The molecule has 1 aromatic rings. The monoisotopic (exact) mass is 296 g/mol. The van der Waals surface area contributed by atoms with Gasteiger partial charge in [0.2, 0.25) is 0 Å². The summed E-state index contributed by atoms with van der Waals surface area (Å²) in [5.41, 5.74) is 7.72. The van der Waals surface area contributed by atoms with Crippen molar-refractivity contribution in [1.82, 2.24) is 4.90 Å². The SMILES string of the molecule is Cc1cc(C(=O)N2CCC[C@@H](N)C2)ccc1Br. The van der Waals surface area contributed by atoms with Crippen LogP contribution in [0.25, 0.3) is 0 Å². The molecule has 92 valence electrons. The Labute approximate surface area is 110 Å². The van der Waals surface area contributed by atoms with Crippen molar-refractivity contribution in [3.8, 4) is 0 Å². The Balaban J connectivity index is 2.15. The zero-order valence-corrected chi connectivity index (χ0v) is 11.5. The molecule has 1 heterocycles. The second kappa shape index (κ2) is 5.19. The van der Waals surface area contributed by atoms with Crippen LogP contribution in [0.4, 0.5) is 0 Å². The maximum Gasteiger partial charge on any atom is 0.253 e. The highest BCUT2D eigenvalue weighted by Gasteiger charge is 2.22. The molecule has 1 aliphatic rings. The molecule has 1 aromatic carbocycles. The number of carbonyl (C=O) groups excluding carboxylic acids is 1. The van der Waals surface area contributed by atoms with Crippen LogP contribution in [0.3, 0.4) is 0 Å². The second-order valence-electron chi connectivity index (χ2n) is 4.62. The molecule has 3 nitrogen and oxygen atoms in total. The summed E-state index contributed by atoms with van der Waals surface area (Å²) < 4.78 is 1.03. The molecule has 1 fully saturated rings. The standard InChI is InChI=1S/C13H17BrN2O/c1-9-7-10(4-5-12(9)14)13(17)16-6-2-3-11(15)8-16/h4-5,7,11H,2-3,6,8,15H2,1H3/t11-/m1/s1. The van der Waals surface area contributed by atoms with Crippen LogP contribution in [0.15, 0.2) is 22.7 Å². The lowest BCUT2D eigenvalue weighted by Gasteiger charge is -2.30. The molecule has 0 spiro atoms. The highest BCUT2D eigenvalue weighted by Crippen LogP contribution is 2.19. The van der Waals surface area contributed by atoms with E-state index in [1.54, 1.807) is 0 Å². The van der Waals surface area contributed by atoms with E-state index in [2.05, 4.69) is 15.9 Å². The van der Waals surface area contributed by atoms with E-state index in [4.69, 9.17) is 5.73 Å². The number of hydrogen-bond acceptors (Lipinski definition) is 2. The molecular formula is C13H17BrN2O. The average molecular weight is 297 g/mol. The van der Waals surface area contributed by atoms with Crippen molar-refractivity contribution in [2.45, 2.75) is 25.8 Å². The van der Waals surface area contributed by atoms with E-state index in [1.165, 1.54) is 0 Å². The first-order valence-electron chi connectivity index (χ1n) is 5.89. The van der Waals surface area contributed by atoms with E-state index < -0.39 is 0 Å². The van der Waals surface area contributed by atoms with E-state index in [-0.39, 0.29) is 11.9 Å². The Hall–Kier alpha value is -0.870. The molecule has 17 heavy (non-hydrogen) atoms. The molecule has 1 saturated heterocycles. The lowest BCUT2D eigenvalue weighted by Crippen LogP contribution is -2.45. The minimum Gasteiger partial charge on any atom is -0.337 e. The quantitative estimate of drug-likeness (QED) is 0.864. The van der Waals surface area contributed by atoms with Crippen LogP contribution in [0.1, 0.15) is 28.8 Å². The van der Waals surface area contributed by atoms with Crippen LogP contribution in [-0.4, -0.2) is 29.9 Å². The largest absolute Gasteiger partial charge is 0.337 e. The van der Waals surface area contributed by atoms with E-state index in [0.717, 1.165) is 35.0 Å². The molecule has 0 aliphatic carbocycles. The second-order valence-corrected chi connectivity index (χ2v) is 5.47. The van der Waals surface area contributed by atoms with Crippen molar-refractivity contribution in [2.24, 2.45) is 5.73 Å². The Kier molecular flexibility index (Phi) is 3.84. The third-order valence-electron chi connectivity index (χ3n) is 3.15. The minimum absolute atomic E-state index is 0.0933. The van der Waals surface area contributed by atoms with Gasteiger partial charge in [-0.1, -0.05) is 15.9 Å². The molecule has 0 bridgehead atoms. The maximum atomic E-state index is 12.3. The number of halogens is 1. The number of nitrogens with zero attached hydrogens (tertiary/aromatic N) is 1. The Bertz CT molecular complexity index is 433. The molecule has 0 aromatic heterocycles. The van der Waals surface area contributed by atoms with Gasteiger partial charge in [-0.25, -0.2) is 0 Å². The Morgan fingerprint density at radius 2 is 2.29 bits per heavy atom. The maximum absolute atomic E-state index is 12.3. The van der Waals surface area contributed by atoms with Crippen molar-refractivity contribution in [3.63, 3.8) is 0 Å².